The maximum absolute atomic E-state index is 3.57. The quantitative estimate of drug-likeness (QED) is 0.872. The van der Waals surface area contributed by atoms with Gasteiger partial charge in [0.25, 0.3) is 0 Å². The maximum Gasteiger partial charge on any atom is 0.0390 e. The van der Waals surface area contributed by atoms with Crippen LogP contribution in [0.3, 0.4) is 0 Å². The topological polar surface area (TPSA) is 12.0 Å². The Morgan fingerprint density at radius 1 is 1.05 bits per heavy atom. The summed E-state index contributed by atoms with van der Waals surface area (Å²) in [4.78, 5) is 0. The van der Waals surface area contributed by atoms with E-state index in [2.05, 4.69) is 68.7 Å². The number of fused-ring (bicyclic) bond motifs is 1. The fourth-order valence-corrected chi connectivity index (χ4v) is 3.62. The molecule has 0 radical (unpaired) electrons. The van der Waals surface area contributed by atoms with Crippen molar-refractivity contribution in [2.45, 2.75) is 38.6 Å². The predicted molar refractivity (Wildman–Crippen MR) is 85.2 cm³/mol. The largest absolute Gasteiger partial charge is 0.312 e. The molecule has 0 heterocycles. The van der Waals surface area contributed by atoms with Crippen molar-refractivity contribution in [3.63, 3.8) is 0 Å². The van der Waals surface area contributed by atoms with Crippen LogP contribution in [0.15, 0.2) is 42.5 Å². The van der Waals surface area contributed by atoms with Gasteiger partial charge in [-0.05, 0) is 61.6 Å². The molecule has 2 aromatic rings. The van der Waals surface area contributed by atoms with E-state index in [1.54, 1.807) is 0 Å². The number of hydrogen-bond donors (Lipinski definition) is 1. The Morgan fingerprint density at radius 2 is 1.85 bits per heavy atom. The number of benzene rings is 2. The van der Waals surface area contributed by atoms with Gasteiger partial charge in [-0.15, -0.1) is 0 Å². The molecule has 2 unspecified atom stereocenters. The van der Waals surface area contributed by atoms with Crippen LogP contribution in [0.25, 0.3) is 0 Å². The molecule has 2 atom stereocenters. The van der Waals surface area contributed by atoms with Gasteiger partial charge in [-0.3, -0.25) is 0 Å². The summed E-state index contributed by atoms with van der Waals surface area (Å²) in [6, 6.07) is 16.0. The summed E-state index contributed by atoms with van der Waals surface area (Å²) in [7, 11) is 2.09. The minimum absolute atomic E-state index is 0.415. The van der Waals surface area contributed by atoms with Gasteiger partial charge < -0.3 is 5.32 Å². The van der Waals surface area contributed by atoms with E-state index < -0.39 is 0 Å². The van der Waals surface area contributed by atoms with Crippen molar-refractivity contribution in [2.75, 3.05) is 7.05 Å². The van der Waals surface area contributed by atoms with Crippen LogP contribution in [0.5, 0.6) is 0 Å². The molecule has 1 heteroatoms. The molecule has 0 spiro atoms. The molecule has 0 bridgehead atoms. The van der Waals surface area contributed by atoms with Gasteiger partial charge in [0, 0.05) is 12.0 Å². The molecule has 0 fully saturated rings. The average Bonchev–Trinajstić information content (AvgIpc) is 2.88. The summed E-state index contributed by atoms with van der Waals surface area (Å²) in [6.45, 7) is 4.45. The van der Waals surface area contributed by atoms with Crippen LogP contribution < -0.4 is 5.32 Å². The Labute approximate surface area is 122 Å². The molecule has 1 aliphatic rings. The summed E-state index contributed by atoms with van der Waals surface area (Å²) in [6.07, 6.45) is 2.46. The van der Waals surface area contributed by atoms with Crippen LogP contribution in [0.4, 0.5) is 0 Å². The van der Waals surface area contributed by atoms with E-state index in [4.69, 9.17) is 0 Å². The molecule has 0 amide bonds. The average molecular weight is 265 g/mol. The minimum atomic E-state index is 0.415. The van der Waals surface area contributed by atoms with E-state index in [-0.39, 0.29) is 0 Å². The van der Waals surface area contributed by atoms with E-state index in [1.165, 1.54) is 40.7 Å². The Hall–Kier alpha value is -1.60. The zero-order chi connectivity index (χ0) is 14.1. The lowest BCUT2D eigenvalue weighted by Crippen LogP contribution is -2.23. The highest BCUT2D eigenvalue weighted by Gasteiger charge is 2.30. The predicted octanol–water partition coefficient (Wildman–Crippen LogP) is 4.29. The van der Waals surface area contributed by atoms with E-state index in [0.717, 1.165) is 0 Å². The van der Waals surface area contributed by atoms with Crippen molar-refractivity contribution in [3.05, 3.63) is 70.3 Å². The normalized spacial score (nSPS) is 18.9. The van der Waals surface area contributed by atoms with Crippen molar-refractivity contribution in [2.24, 2.45) is 0 Å². The SMILES string of the molecule is CNC(c1cccc(C)c1C)C1CCc2ccccc21. The van der Waals surface area contributed by atoms with Crippen LogP contribution in [-0.2, 0) is 6.42 Å². The number of hydrogen-bond acceptors (Lipinski definition) is 1. The molecule has 20 heavy (non-hydrogen) atoms. The lowest BCUT2D eigenvalue weighted by molar-refractivity contribution is 0.475. The van der Waals surface area contributed by atoms with E-state index in [9.17, 15) is 0 Å². The first kappa shape index (κ1) is 13.4. The Balaban J connectivity index is 2.02. The lowest BCUT2D eigenvalue weighted by Gasteiger charge is -2.26. The Bertz CT molecular complexity index is 615. The van der Waals surface area contributed by atoms with E-state index in [1.807, 2.05) is 0 Å². The highest BCUT2D eigenvalue weighted by molar-refractivity contribution is 5.42. The zero-order valence-corrected chi connectivity index (χ0v) is 12.6. The van der Waals surface area contributed by atoms with Crippen molar-refractivity contribution >= 4 is 0 Å². The highest BCUT2D eigenvalue weighted by atomic mass is 14.9. The summed E-state index contributed by atoms with van der Waals surface area (Å²) < 4.78 is 0. The second-order valence-electron chi connectivity index (χ2n) is 5.90. The number of likely N-dealkylation sites (N-methyl/N-ethyl adjacent to an activating group) is 1. The van der Waals surface area contributed by atoms with Crippen molar-refractivity contribution in [1.29, 1.82) is 0 Å². The fraction of sp³-hybridized carbons (Fsp3) is 0.368. The van der Waals surface area contributed by atoms with Gasteiger partial charge in [-0.2, -0.15) is 0 Å². The highest BCUT2D eigenvalue weighted by Crippen LogP contribution is 2.42. The molecule has 1 nitrogen and oxygen atoms in total. The monoisotopic (exact) mass is 265 g/mol. The lowest BCUT2D eigenvalue weighted by atomic mass is 9.85. The van der Waals surface area contributed by atoms with Crippen LogP contribution in [0.1, 0.15) is 46.2 Å². The number of rotatable bonds is 3. The van der Waals surface area contributed by atoms with Crippen molar-refractivity contribution in [3.8, 4) is 0 Å². The molecule has 1 N–H and O–H groups in total. The third-order valence-corrected chi connectivity index (χ3v) is 4.87. The molecule has 0 saturated heterocycles. The van der Waals surface area contributed by atoms with Crippen molar-refractivity contribution < 1.29 is 0 Å². The van der Waals surface area contributed by atoms with Gasteiger partial charge >= 0.3 is 0 Å². The van der Waals surface area contributed by atoms with Crippen LogP contribution in [0.2, 0.25) is 0 Å². The molecule has 0 aliphatic heterocycles. The molecular weight excluding hydrogens is 242 g/mol. The van der Waals surface area contributed by atoms with Crippen LogP contribution >= 0.6 is 0 Å². The van der Waals surface area contributed by atoms with Crippen LogP contribution in [0, 0.1) is 13.8 Å². The van der Waals surface area contributed by atoms with E-state index in [0.29, 0.717) is 12.0 Å². The minimum Gasteiger partial charge on any atom is -0.312 e. The molecular formula is C19H23N. The fourth-order valence-electron chi connectivity index (χ4n) is 3.62. The summed E-state index contributed by atoms with van der Waals surface area (Å²) >= 11 is 0. The first-order chi connectivity index (χ1) is 9.72. The summed E-state index contributed by atoms with van der Waals surface area (Å²) in [5, 5.41) is 3.57. The van der Waals surface area contributed by atoms with Gasteiger partial charge in [0.1, 0.15) is 0 Å². The van der Waals surface area contributed by atoms with E-state index >= 15 is 0 Å². The van der Waals surface area contributed by atoms with Gasteiger partial charge in [-0.1, -0.05) is 42.5 Å². The van der Waals surface area contributed by atoms with Crippen molar-refractivity contribution in [1.82, 2.24) is 5.32 Å². The third-order valence-electron chi connectivity index (χ3n) is 4.87. The number of aryl methyl sites for hydroxylation is 2. The third kappa shape index (κ3) is 2.16. The molecule has 0 aromatic heterocycles. The van der Waals surface area contributed by atoms with Crippen LogP contribution in [-0.4, -0.2) is 7.05 Å². The molecule has 104 valence electrons. The Kier molecular flexibility index (Phi) is 3.62. The summed E-state index contributed by atoms with van der Waals surface area (Å²) in [5.41, 5.74) is 7.33. The molecule has 2 aromatic carbocycles. The van der Waals surface area contributed by atoms with Gasteiger partial charge in [0.05, 0.1) is 0 Å². The smallest absolute Gasteiger partial charge is 0.0390 e. The Morgan fingerprint density at radius 3 is 2.65 bits per heavy atom. The second-order valence-corrected chi connectivity index (χ2v) is 5.90. The number of nitrogens with one attached hydrogen (secondary N) is 1. The van der Waals surface area contributed by atoms with Gasteiger partial charge in [0.15, 0.2) is 0 Å². The summed E-state index contributed by atoms with van der Waals surface area (Å²) in [5.74, 6) is 0.594. The van der Waals surface area contributed by atoms with Gasteiger partial charge in [-0.25, -0.2) is 0 Å². The first-order valence-corrected chi connectivity index (χ1v) is 7.53. The van der Waals surface area contributed by atoms with Gasteiger partial charge in [0.2, 0.25) is 0 Å². The standard InChI is InChI=1S/C19H23N/c1-13-7-6-10-16(14(13)2)19(20-3)18-12-11-15-8-4-5-9-17(15)18/h4-10,18-20H,11-12H2,1-3H3. The zero-order valence-electron chi connectivity index (χ0n) is 12.6. The molecule has 0 saturated carbocycles. The maximum atomic E-state index is 3.57. The first-order valence-electron chi connectivity index (χ1n) is 7.53. The molecule has 1 aliphatic carbocycles. The second kappa shape index (κ2) is 5.41. The molecule has 3 rings (SSSR count).